The molecule has 1 unspecified atom stereocenters. The fraction of sp³-hybridized carbons (Fsp3) is 0.150. The van der Waals surface area contributed by atoms with E-state index in [4.69, 9.17) is 0 Å². The summed E-state index contributed by atoms with van der Waals surface area (Å²) in [6.45, 7) is 2.04. The Bertz CT molecular complexity index is 891. The molecule has 3 aromatic rings. The van der Waals surface area contributed by atoms with Gasteiger partial charge in [0, 0.05) is 11.9 Å². The molecule has 1 N–H and O–H groups in total. The number of benzene rings is 2. The van der Waals surface area contributed by atoms with Crippen LogP contribution in [-0.2, 0) is 11.3 Å². The molecule has 6 nitrogen and oxygen atoms in total. The van der Waals surface area contributed by atoms with E-state index in [1.807, 2.05) is 60.7 Å². The monoisotopic (exact) mass is 349 g/mol. The summed E-state index contributed by atoms with van der Waals surface area (Å²) in [4.78, 5) is 26.2. The lowest BCUT2D eigenvalue weighted by Gasteiger charge is -2.26. The molecular weight excluding hydrogens is 330 g/mol. The highest BCUT2D eigenvalue weighted by atomic mass is 16.4. The van der Waals surface area contributed by atoms with Crippen LogP contribution in [0.5, 0.6) is 0 Å². The number of anilines is 1. The van der Waals surface area contributed by atoms with Gasteiger partial charge in [-0.2, -0.15) is 5.10 Å². The molecule has 0 spiro atoms. The van der Waals surface area contributed by atoms with Crippen LogP contribution in [0.25, 0.3) is 0 Å². The summed E-state index contributed by atoms with van der Waals surface area (Å²) < 4.78 is 1.24. The summed E-state index contributed by atoms with van der Waals surface area (Å²) >= 11 is 0. The normalized spacial score (nSPS) is 11.7. The molecule has 6 heteroatoms. The van der Waals surface area contributed by atoms with Gasteiger partial charge in [-0.3, -0.25) is 4.79 Å². The van der Waals surface area contributed by atoms with Crippen molar-refractivity contribution in [1.29, 1.82) is 0 Å². The fourth-order valence-corrected chi connectivity index (χ4v) is 2.79. The predicted octanol–water partition coefficient (Wildman–Crippen LogP) is 3.38. The van der Waals surface area contributed by atoms with Gasteiger partial charge in [-0.1, -0.05) is 48.5 Å². The molecule has 0 aliphatic carbocycles. The van der Waals surface area contributed by atoms with E-state index in [0.717, 1.165) is 11.3 Å². The Hall–Kier alpha value is -3.41. The molecule has 132 valence electrons. The smallest absolute Gasteiger partial charge is 0.354 e. The summed E-state index contributed by atoms with van der Waals surface area (Å²) in [7, 11) is 0. The molecule has 1 aromatic heterocycles. The van der Waals surface area contributed by atoms with E-state index in [0.29, 0.717) is 6.54 Å². The van der Waals surface area contributed by atoms with Crippen LogP contribution in [-0.4, -0.2) is 26.8 Å². The second kappa shape index (κ2) is 7.65. The summed E-state index contributed by atoms with van der Waals surface area (Å²) in [6, 6.07) is 19.6. The first-order valence-corrected chi connectivity index (χ1v) is 8.25. The molecule has 0 saturated heterocycles. The molecule has 0 saturated carbocycles. The molecule has 1 atom stereocenters. The molecule has 0 aliphatic rings. The summed E-state index contributed by atoms with van der Waals surface area (Å²) in [5.41, 5.74) is 1.71. The van der Waals surface area contributed by atoms with Gasteiger partial charge in [0.15, 0.2) is 0 Å². The number of hydrogen-bond acceptors (Lipinski definition) is 3. The van der Waals surface area contributed by atoms with Gasteiger partial charge in [0.1, 0.15) is 11.7 Å². The zero-order valence-corrected chi connectivity index (χ0v) is 14.3. The van der Waals surface area contributed by atoms with E-state index in [1.54, 1.807) is 11.8 Å². The lowest BCUT2D eigenvalue weighted by molar-refractivity contribution is -0.121. The van der Waals surface area contributed by atoms with Gasteiger partial charge >= 0.3 is 5.97 Å². The zero-order valence-electron chi connectivity index (χ0n) is 14.3. The minimum Gasteiger partial charge on any atom is -0.477 e. The van der Waals surface area contributed by atoms with Crippen LogP contribution >= 0.6 is 0 Å². The van der Waals surface area contributed by atoms with Gasteiger partial charge in [-0.05, 0) is 30.7 Å². The molecule has 2 aromatic carbocycles. The van der Waals surface area contributed by atoms with Gasteiger partial charge in [0.2, 0.25) is 0 Å². The van der Waals surface area contributed by atoms with E-state index in [9.17, 15) is 14.7 Å². The van der Waals surface area contributed by atoms with Crippen molar-refractivity contribution in [3.8, 4) is 0 Å². The van der Waals surface area contributed by atoms with Crippen molar-refractivity contribution in [3.63, 3.8) is 0 Å². The average Bonchev–Trinajstić information content (AvgIpc) is 3.17. The van der Waals surface area contributed by atoms with Crippen LogP contribution in [0.1, 0.15) is 29.0 Å². The molecule has 26 heavy (non-hydrogen) atoms. The minimum absolute atomic E-state index is 0.0152. The van der Waals surface area contributed by atoms with Gasteiger partial charge in [-0.15, -0.1) is 0 Å². The largest absolute Gasteiger partial charge is 0.477 e. The molecule has 3 rings (SSSR count). The topological polar surface area (TPSA) is 75.4 Å². The highest BCUT2D eigenvalue weighted by Crippen LogP contribution is 2.22. The van der Waals surface area contributed by atoms with Crippen molar-refractivity contribution in [3.05, 3.63) is 84.2 Å². The molecule has 0 aliphatic heterocycles. The van der Waals surface area contributed by atoms with Crippen molar-refractivity contribution >= 4 is 17.6 Å². The highest BCUT2D eigenvalue weighted by Gasteiger charge is 2.27. The molecule has 1 amide bonds. The van der Waals surface area contributed by atoms with Crippen LogP contribution in [0.4, 0.5) is 5.69 Å². The number of carboxylic acids is 1. The van der Waals surface area contributed by atoms with E-state index in [-0.39, 0.29) is 11.6 Å². The predicted molar refractivity (Wildman–Crippen MR) is 98.0 cm³/mol. The van der Waals surface area contributed by atoms with Crippen LogP contribution < -0.4 is 4.90 Å². The molecule has 0 radical (unpaired) electrons. The number of aromatic nitrogens is 2. The Morgan fingerprint density at radius 1 is 1.04 bits per heavy atom. The first-order chi connectivity index (χ1) is 12.6. The van der Waals surface area contributed by atoms with Gasteiger partial charge in [0.25, 0.3) is 5.91 Å². The lowest BCUT2D eigenvalue weighted by atomic mass is 10.1. The highest BCUT2D eigenvalue weighted by molar-refractivity contribution is 5.96. The number of amides is 1. The third-order valence-electron chi connectivity index (χ3n) is 4.13. The first-order valence-electron chi connectivity index (χ1n) is 8.25. The van der Waals surface area contributed by atoms with Crippen molar-refractivity contribution < 1.29 is 14.7 Å². The molecule has 1 heterocycles. The maximum atomic E-state index is 13.2. The van der Waals surface area contributed by atoms with E-state index >= 15 is 0 Å². The van der Waals surface area contributed by atoms with Gasteiger partial charge < -0.3 is 10.0 Å². The van der Waals surface area contributed by atoms with E-state index < -0.39 is 12.0 Å². The number of carbonyl (C=O) groups is 2. The third kappa shape index (κ3) is 3.64. The quantitative estimate of drug-likeness (QED) is 0.740. The number of nitrogens with zero attached hydrogens (tertiary/aromatic N) is 3. The number of hydrogen-bond donors (Lipinski definition) is 1. The van der Waals surface area contributed by atoms with Gasteiger partial charge in [0.05, 0.1) is 6.54 Å². The molecule has 0 fully saturated rings. The number of rotatable bonds is 6. The Labute approximate surface area is 151 Å². The van der Waals surface area contributed by atoms with Crippen molar-refractivity contribution in [1.82, 2.24) is 9.78 Å². The summed E-state index contributed by atoms with van der Waals surface area (Å²) in [5.74, 6) is -1.34. The van der Waals surface area contributed by atoms with Crippen LogP contribution in [0.3, 0.4) is 0 Å². The second-order valence-corrected chi connectivity index (χ2v) is 5.89. The van der Waals surface area contributed by atoms with Crippen molar-refractivity contribution in [2.24, 2.45) is 0 Å². The average molecular weight is 349 g/mol. The van der Waals surface area contributed by atoms with Crippen molar-refractivity contribution in [2.75, 3.05) is 4.90 Å². The minimum atomic E-state index is -1.11. The first kappa shape index (κ1) is 17.4. The third-order valence-corrected chi connectivity index (χ3v) is 4.13. The number of para-hydroxylation sites is 1. The standard InChI is InChI=1S/C20H19N3O3/c1-15(23-18(20(25)26)12-13-21-23)19(24)22(17-10-6-3-7-11-17)14-16-8-4-2-5-9-16/h2-13,15H,14H2,1H3,(H,25,26). The number of aromatic carboxylic acids is 1. The summed E-state index contributed by atoms with van der Waals surface area (Å²) in [6.07, 6.45) is 1.39. The number of carbonyl (C=O) groups excluding carboxylic acids is 1. The van der Waals surface area contributed by atoms with E-state index in [2.05, 4.69) is 5.10 Å². The molecule has 0 bridgehead atoms. The Kier molecular flexibility index (Phi) is 5.12. The Balaban J connectivity index is 1.94. The Morgan fingerprint density at radius 3 is 2.27 bits per heavy atom. The van der Waals surface area contributed by atoms with Crippen LogP contribution in [0.15, 0.2) is 72.9 Å². The SMILES string of the molecule is CC(C(=O)N(Cc1ccccc1)c1ccccc1)n1nccc1C(=O)O. The van der Waals surface area contributed by atoms with E-state index in [1.165, 1.54) is 16.9 Å². The summed E-state index contributed by atoms with van der Waals surface area (Å²) in [5, 5.41) is 13.3. The number of carboxylic acid groups (broad SMARTS) is 1. The lowest BCUT2D eigenvalue weighted by Crippen LogP contribution is -2.37. The van der Waals surface area contributed by atoms with Gasteiger partial charge in [-0.25, -0.2) is 9.48 Å². The maximum absolute atomic E-state index is 13.2. The van der Waals surface area contributed by atoms with Crippen molar-refractivity contribution in [2.45, 2.75) is 19.5 Å². The second-order valence-electron chi connectivity index (χ2n) is 5.89. The molecular formula is C20H19N3O3. The zero-order chi connectivity index (χ0) is 18.5. The maximum Gasteiger partial charge on any atom is 0.354 e. The van der Waals surface area contributed by atoms with Crippen LogP contribution in [0.2, 0.25) is 0 Å². The Morgan fingerprint density at radius 2 is 1.65 bits per heavy atom. The fourth-order valence-electron chi connectivity index (χ4n) is 2.79. The van der Waals surface area contributed by atoms with Crippen LogP contribution in [0, 0.1) is 0 Å².